The molecule has 0 bridgehead atoms. The summed E-state index contributed by atoms with van der Waals surface area (Å²) < 4.78 is 32.6. The van der Waals surface area contributed by atoms with Gasteiger partial charge in [0.05, 0.1) is 0 Å². The van der Waals surface area contributed by atoms with Crippen molar-refractivity contribution in [2.24, 2.45) is 0 Å². The molecule has 2 aromatic rings. The van der Waals surface area contributed by atoms with Crippen LogP contribution in [0.2, 0.25) is 0 Å². The molecule has 8 heteroatoms. The summed E-state index contributed by atoms with van der Waals surface area (Å²) in [5, 5.41) is 3.54. The third kappa shape index (κ3) is 3.22. The molecule has 1 fully saturated rings. The predicted octanol–water partition coefficient (Wildman–Crippen LogP) is 1.85. The number of rotatable bonds is 5. The minimum Gasteiger partial charge on any atom is -0.364 e. The highest BCUT2D eigenvalue weighted by Crippen LogP contribution is 2.30. The lowest BCUT2D eigenvalue weighted by Gasteiger charge is -2.15. The van der Waals surface area contributed by atoms with Crippen LogP contribution in [0.3, 0.4) is 0 Å². The molecule has 1 N–H and O–H groups in total. The molecular weight excluding hydrogens is 306 g/mol. The van der Waals surface area contributed by atoms with Crippen LogP contribution >= 0.6 is 0 Å². The van der Waals surface area contributed by atoms with Gasteiger partial charge in [-0.3, -0.25) is 4.79 Å². The lowest BCUT2D eigenvalue weighted by molar-refractivity contribution is 0.0970. The number of aromatic nitrogens is 2. The van der Waals surface area contributed by atoms with Gasteiger partial charge in [0.25, 0.3) is 5.91 Å². The van der Waals surface area contributed by atoms with Crippen molar-refractivity contribution in [2.45, 2.75) is 37.5 Å². The first-order chi connectivity index (χ1) is 10.6. The van der Waals surface area contributed by atoms with E-state index in [2.05, 4.69) is 14.4 Å². The Morgan fingerprint density at radius 2 is 2.14 bits per heavy atom. The first-order valence-electron chi connectivity index (χ1n) is 7.16. The van der Waals surface area contributed by atoms with Crippen LogP contribution in [0.1, 0.15) is 47.9 Å². The van der Waals surface area contributed by atoms with Crippen molar-refractivity contribution >= 4 is 15.9 Å². The fourth-order valence-corrected chi connectivity index (χ4v) is 3.82. The van der Waals surface area contributed by atoms with Crippen LogP contribution in [0.5, 0.6) is 0 Å². The van der Waals surface area contributed by atoms with Crippen LogP contribution in [0, 0.1) is 0 Å². The third-order valence-corrected chi connectivity index (χ3v) is 4.98. The van der Waals surface area contributed by atoms with Crippen molar-refractivity contribution < 1.29 is 17.7 Å². The van der Waals surface area contributed by atoms with Gasteiger partial charge >= 0.3 is 0 Å². The summed E-state index contributed by atoms with van der Waals surface area (Å²) >= 11 is 0. The summed E-state index contributed by atoms with van der Waals surface area (Å²) in [5.74, 6) is -1.00. The Kier molecular flexibility index (Phi) is 4.02. The SMILES string of the molecule is O=C(NS(=O)(=O)Cc1ccon1)c1cccn1C1CCCC1. The molecule has 1 amide bonds. The maximum Gasteiger partial charge on any atom is 0.281 e. The summed E-state index contributed by atoms with van der Waals surface area (Å²) in [6.07, 6.45) is 7.41. The van der Waals surface area contributed by atoms with Crippen molar-refractivity contribution in [1.82, 2.24) is 14.4 Å². The normalized spacial score (nSPS) is 16.0. The van der Waals surface area contributed by atoms with Gasteiger partial charge in [0, 0.05) is 18.3 Å². The van der Waals surface area contributed by atoms with Gasteiger partial charge in [0.1, 0.15) is 23.4 Å². The maximum atomic E-state index is 12.3. The lowest BCUT2D eigenvalue weighted by Crippen LogP contribution is -2.33. The van der Waals surface area contributed by atoms with Crippen molar-refractivity contribution in [3.63, 3.8) is 0 Å². The Hall–Kier alpha value is -2.09. The van der Waals surface area contributed by atoms with E-state index < -0.39 is 15.9 Å². The summed E-state index contributed by atoms with van der Waals surface area (Å²) in [6.45, 7) is 0. The molecular formula is C14H17N3O4S. The first-order valence-corrected chi connectivity index (χ1v) is 8.81. The number of carbonyl (C=O) groups is 1. The summed E-state index contributed by atoms with van der Waals surface area (Å²) in [5.41, 5.74) is 0.627. The van der Waals surface area contributed by atoms with Gasteiger partial charge in [0.15, 0.2) is 0 Å². The van der Waals surface area contributed by atoms with Gasteiger partial charge in [-0.25, -0.2) is 13.1 Å². The zero-order valence-corrected chi connectivity index (χ0v) is 12.8. The van der Waals surface area contributed by atoms with Crippen LogP contribution in [0.15, 0.2) is 35.2 Å². The Bertz CT molecular complexity index is 743. The van der Waals surface area contributed by atoms with E-state index in [9.17, 15) is 13.2 Å². The van der Waals surface area contributed by atoms with E-state index in [0.717, 1.165) is 25.7 Å². The van der Waals surface area contributed by atoms with Crippen molar-refractivity contribution in [2.75, 3.05) is 0 Å². The second-order valence-corrected chi connectivity index (χ2v) is 7.14. The first kappa shape index (κ1) is 14.8. The molecule has 0 spiro atoms. The van der Waals surface area contributed by atoms with E-state index in [0.29, 0.717) is 5.69 Å². The zero-order valence-electron chi connectivity index (χ0n) is 11.9. The van der Waals surface area contributed by atoms with Crippen molar-refractivity contribution in [3.05, 3.63) is 42.0 Å². The highest BCUT2D eigenvalue weighted by atomic mass is 32.2. The van der Waals surface area contributed by atoms with Gasteiger partial charge in [-0.05, 0) is 25.0 Å². The van der Waals surface area contributed by atoms with E-state index >= 15 is 0 Å². The molecule has 7 nitrogen and oxygen atoms in total. The van der Waals surface area contributed by atoms with Crippen LogP contribution in [-0.2, 0) is 15.8 Å². The highest BCUT2D eigenvalue weighted by molar-refractivity contribution is 7.89. The number of hydrogen-bond donors (Lipinski definition) is 1. The number of amides is 1. The molecule has 118 valence electrons. The largest absolute Gasteiger partial charge is 0.364 e. The molecule has 3 rings (SSSR count). The highest BCUT2D eigenvalue weighted by Gasteiger charge is 2.24. The van der Waals surface area contributed by atoms with Crippen molar-refractivity contribution in [3.8, 4) is 0 Å². The van der Waals surface area contributed by atoms with Gasteiger partial charge in [0.2, 0.25) is 10.0 Å². The molecule has 0 unspecified atom stereocenters. The molecule has 0 radical (unpaired) electrons. The van der Waals surface area contributed by atoms with E-state index in [1.54, 1.807) is 12.1 Å². The summed E-state index contributed by atoms with van der Waals surface area (Å²) in [6, 6.07) is 5.12. The number of carbonyl (C=O) groups excluding carboxylic acids is 1. The Labute approximate surface area is 128 Å². The molecule has 1 saturated carbocycles. The topological polar surface area (TPSA) is 94.2 Å². The molecule has 1 aliphatic carbocycles. The van der Waals surface area contributed by atoms with E-state index in [1.165, 1.54) is 12.3 Å². The second kappa shape index (κ2) is 5.96. The molecule has 0 aliphatic heterocycles. The van der Waals surface area contributed by atoms with Gasteiger partial charge < -0.3 is 9.09 Å². The molecule has 22 heavy (non-hydrogen) atoms. The molecule has 2 heterocycles. The minimum atomic E-state index is -3.81. The van der Waals surface area contributed by atoms with Gasteiger partial charge in [-0.2, -0.15) is 0 Å². The number of nitrogens with zero attached hydrogens (tertiary/aromatic N) is 2. The average Bonchev–Trinajstić information content (AvgIpc) is 3.19. The lowest BCUT2D eigenvalue weighted by atomic mass is 10.2. The average molecular weight is 323 g/mol. The minimum absolute atomic E-state index is 0.256. The van der Waals surface area contributed by atoms with Crippen LogP contribution in [-0.4, -0.2) is 24.0 Å². The third-order valence-electron chi connectivity index (χ3n) is 3.81. The quantitative estimate of drug-likeness (QED) is 0.906. The van der Waals surface area contributed by atoms with Crippen LogP contribution in [0.4, 0.5) is 0 Å². The summed E-state index contributed by atoms with van der Waals surface area (Å²) in [7, 11) is -3.81. The van der Waals surface area contributed by atoms with E-state index in [4.69, 9.17) is 0 Å². The van der Waals surface area contributed by atoms with Crippen molar-refractivity contribution in [1.29, 1.82) is 0 Å². The maximum absolute atomic E-state index is 12.3. The Morgan fingerprint density at radius 1 is 1.36 bits per heavy atom. The second-order valence-electron chi connectivity index (χ2n) is 5.42. The Balaban J connectivity index is 1.73. The molecule has 0 saturated heterocycles. The smallest absolute Gasteiger partial charge is 0.281 e. The standard InChI is InChI=1S/C14H17N3O4S/c18-14(16-22(19,20)10-11-7-9-21-15-11)13-6-3-8-17(13)12-4-1-2-5-12/h3,6-9,12H,1-2,4-5,10H2,(H,16,18). The van der Waals surface area contributed by atoms with Gasteiger partial charge in [-0.1, -0.05) is 18.0 Å². The zero-order chi connectivity index (χ0) is 15.6. The predicted molar refractivity (Wildman–Crippen MR) is 78.5 cm³/mol. The van der Waals surface area contributed by atoms with Crippen LogP contribution < -0.4 is 4.72 Å². The molecule has 1 aliphatic rings. The van der Waals surface area contributed by atoms with Gasteiger partial charge in [-0.15, -0.1) is 0 Å². The van der Waals surface area contributed by atoms with E-state index in [-0.39, 0.29) is 17.5 Å². The fraction of sp³-hybridized carbons (Fsp3) is 0.429. The fourth-order valence-electron chi connectivity index (χ4n) is 2.82. The number of sulfonamides is 1. The Morgan fingerprint density at radius 3 is 2.82 bits per heavy atom. The molecule has 0 atom stereocenters. The molecule has 0 aromatic carbocycles. The van der Waals surface area contributed by atoms with Crippen LogP contribution in [0.25, 0.3) is 0 Å². The number of nitrogens with one attached hydrogen (secondary N) is 1. The summed E-state index contributed by atoms with van der Waals surface area (Å²) in [4.78, 5) is 12.3. The molecule has 2 aromatic heterocycles. The monoisotopic (exact) mass is 323 g/mol. The number of hydrogen-bond acceptors (Lipinski definition) is 5. The van der Waals surface area contributed by atoms with E-state index in [1.807, 2.05) is 10.8 Å².